The van der Waals surface area contributed by atoms with Crippen molar-refractivity contribution in [1.82, 2.24) is 0 Å². The van der Waals surface area contributed by atoms with Crippen LogP contribution in [0.5, 0.6) is 17.2 Å². The molecule has 0 radical (unpaired) electrons. The molecule has 0 atom stereocenters. The number of sulfone groups is 1. The molecule has 0 aliphatic carbocycles. The van der Waals surface area contributed by atoms with Crippen molar-refractivity contribution in [3.05, 3.63) is 53.1 Å². The van der Waals surface area contributed by atoms with Gasteiger partial charge in [0.05, 0.1) is 23.9 Å². The van der Waals surface area contributed by atoms with Crippen molar-refractivity contribution in [3.63, 3.8) is 0 Å². The lowest BCUT2D eigenvalue weighted by Gasteiger charge is -2.14. The summed E-state index contributed by atoms with van der Waals surface area (Å²) >= 11 is 0. The van der Waals surface area contributed by atoms with Crippen molar-refractivity contribution in [2.45, 2.75) is 38.2 Å². The molecule has 9 heteroatoms. The third-order valence-electron chi connectivity index (χ3n) is 5.11. The Kier molecular flexibility index (Phi) is 8.95. The van der Waals surface area contributed by atoms with E-state index in [-0.39, 0.29) is 29.2 Å². The molecule has 0 spiro atoms. The number of hydrogen-bond donors (Lipinski definition) is 1. The molecule has 34 heavy (non-hydrogen) atoms. The van der Waals surface area contributed by atoms with Crippen LogP contribution >= 0.6 is 0 Å². The van der Waals surface area contributed by atoms with Gasteiger partial charge in [0.15, 0.2) is 21.3 Å². The number of carboxylic acid groups (broad SMARTS) is 1. The van der Waals surface area contributed by atoms with Crippen molar-refractivity contribution in [3.8, 4) is 17.2 Å². The van der Waals surface area contributed by atoms with Gasteiger partial charge in [0, 0.05) is 12.2 Å². The number of carboxylic acids is 1. The fourth-order valence-corrected chi connectivity index (χ4v) is 4.91. The summed E-state index contributed by atoms with van der Waals surface area (Å²) < 4.78 is 47.8. The number of benzene rings is 2. The number of fused-ring (bicyclic) bond motifs is 1. The van der Waals surface area contributed by atoms with Crippen LogP contribution in [0.25, 0.3) is 6.08 Å². The monoisotopic (exact) mass is 490 g/mol. The van der Waals surface area contributed by atoms with E-state index < -0.39 is 15.8 Å². The fraction of sp³-hybridized carbons (Fsp3) is 0.400. The topological polar surface area (TPSA) is 108 Å². The second-order valence-electron chi connectivity index (χ2n) is 7.71. The Morgan fingerprint density at radius 2 is 1.79 bits per heavy atom. The molecule has 2 aromatic rings. The van der Waals surface area contributed by atoms with Gasteiger partial charge in [-0.3, -0.25) is 0 Å². The van der Waals surface area contributed by atoms with Gasteiger partial charge < -0.3 is 24.1 Å². The zero-order valence-electron chi connectivity index (χ0n) is 19.4. The average Bonchev–Trinajstić information content (AvgIpc) is 2.94. The Balaban J connectivity index is 1.73. The molecule has 0 fully saturated rings. The van der Waals surface area contributed by atoms with Crippen LogP contribution in [0.1, 0.15) is 37.8 Å². The number of aliphatic carboxylic acids is 1. The Bertz CT molecular complexity index is 1140. The van der Waals surface area contributed by atoms with Gasteiger partial charge in [0.2, 0.25) is 0 Å². The number of carbonyl (C=O) groups is 1. The molecule has 2 aromatic carbocycles. The molecule has 0 aromatic heterocycles. The van der Waals surface area contributed by atoms with Crippen molar-refractivity contribution in [2.24, 2.45) is 0 Å². The maximum Gasteiger partial charge on any atom is 0.331 e. The van der Waals surface area contributed by atoms with Gasteiger partial charge in [-0.2, -0.15) is 0 Å². The van der Waals surface area contributed by atoms with E-state index in [9.17, 15) is 18.3 Å². The fourth-order valence-electron chi connectivity index (χ4n) is 3.45. The molecule has 184 valence electrons. The summed E-state index contributed by atoms with van der Waals surface area (Å²) in [6.45, 7) is 6.23. The second kappa shape index (κ2) is 11.9. The first kappa shape index (κ1) is 25.6. The minimum Gasteiger partial charge on any atom is -0.490 e. The zero-order chi connectivity index (χ0) is 24.6. The normalized spacial score (nSPS) is 14.5. The Hall–Kier alpha value is -3.04. The third kappa shape index (κ3) is 6.74. The Labute approximate surface area is 200 Å². The molecule has 1 heterocycles. The van der Waals surface area contributed by atoms with E-state index in [4.69, 9.17) is 18.9 Å². The summed E-state index contributed by atoms with van der Waals surface area (Å²) in [5, 5.41) is 9.34. The molecular weight excluding hydrogens is 460 g/mol. The van der Waals surface area contributed by atoms with Gasteiger partial charge in [-0.25, -0.2) is 13.2 Å². The minimum atomic E-state index is -3.57. The minimum absolute atomic E-state index is 0.0398. The first-order valence-electron chi connectivity index (χ1n) is 11.2. The van der Waals surface area contributed by atoms with Crippen LogP contribution in [0.3, 0.4) is 0 Å². The zero-order valence-corrected chi connectivity index (χ0v) is 20.2. The third-order valence-corrected chi connectivity index (χ3v) is 6.89. The SMILES string of the molecule is CCCOCCOc1ccc(COc2ccc3c(c2)C=C(C(=O)O)CCS3(=O)=O)cc1OCC. The Morgan fingerprint density at radius 1 is 0.971 bits per heavy atom. The van der Waals surface area contributed by atoms with Crippen LogP contribution in [-0.2, 0) is 26.0 Å². The van der Waals surface area contributed by atoms with E-state index in [1.54, 1.807) is 12.1 Å². The molecule has 0 saturated heterocycles. The molecule has 0 bridgehead atoms. The van der Waals surface area contributed by atoms with E-state index in [0.717, 1.165) is 12.0 Å². The highest BCUT2D eigenvalue weighted by atomic mass is 32.2. The van der Waals surface area contributed by atoms with Gasteiger partial charge >= 0.3 is 5.97 Å². The summed E-state index contributed by atoms with van der Waals surface area (Å²) in [6, 6.07) is 10.1. The lowest BCUT2D eigenvalue weighted by molar-refractivity contribution is -0.132. The molecule has 1 aliphatic rings. The maximum atomic E-state index is 12.5. The average molecular weight is 491 g/mol. The quantitative estimate of drug-likeness (QED) is 0.443. The molecule has 8 nitrogen and oxygen atoms in total. The molecular formula is C25H30O8S. The van der Waals surface area contributed by atoms with Crippen LogP contribution in [-0.4, -0.2) is 51.7 Å². The lowest BCUT2D eigenvalue weighted by atomic mass is 10.1. The van der Waals surface area contributed by atoms with Crippen LogP contribution in [0.15, 0.2) is 46.9 Å². The highest BCUT2D eigenvalue weighted by Gasteiger charge is 2.24. The lowest BCUT2D eigenvalue weighted by Crippen LogP contribution is -2.09. The number of rotatable bonds is 12. The van der Waals surface area contributed by atoms with Crippen LogP contribution in [0.4, 0.5) is 0 Å². The molecule has 0 unspecified atom stereocenters. The first-order valence-corrected chi connectivity index (χ1v) is 12.9. The molecule has 1 aliphatic heterocycles. The van der Waals surface area contributed by atoms with E-state index in [0.29, 0.717) is 49.2 Å². The summed E-state index contributed by atoms with van der Waals surface area (Å²) in [7, 11) is -3.57. The van der Waals surface area contributed by atoms with E-state index in [1.807, 2.05) is 32.0 Å². The van der Waals surface area contributed by atoms with Gasteiger partial charge in [-0.05, 0) is 67.3 Å². The maximum absolute atomic E-state index is 12.5. The van der Waals surface area contributed by atoms with E-state index >= 15 is 0 Å². The van der Waals surface area contributed by atoms with E-state index in [2.05, 4.69) is 0 Å². The van der Waals surface area contributed by atoms with Crippen molar-refractivity contribution in [2.75, 3.05) is 32.2 Å². The number of hydrogen-bond acceptors (Lipinski definition) is 7. The van der Waals surface area contributed by atoms with Crippen LogP contribution < -0.4 is 14.2 Å². The van der Waals surface area contributed by atoms with Crippen molar-refractivity contribution < 1.29 is 37.3 Å². The Morgan fingerprint density at radius 3 is 2.53 bits per heavy atom. The largest absolute Gasteiger partial charge is 0.490 e. The first-order chi connectivity index (χ1) is 16.3. The smallest absolute Gasteiger partial charge is 0.331 e. The van der Waals surface area contributed by atoms with E-state index in [1.165, 1.54) is 12.1 Å². The van der Waals surface area contributed by atoms with Gasteiger partial charge in [0.25, 0.3) is 0 Å². The number of ether oxygens (including phenoxy) is 4. The molecule has 0 saturated carbocycles. The van der Waals surface area contributed by atoms with Crippen molar-refractivity contribution in [1.29, 1.82) is 0 Å². The van der Waals surface area contributed by atoms with Gasteiger partial charge in [-0.15, -0.1) is 0 Å². The summed E-state index contributed by atoms with van der Waals surface area (Å²) in [4.78, 5) is 11.5. The predicted molar refractivity (Wildman–Crippen MR) is 127 cm³/mol. The van der Waals surface area contributed by atoms with Crippen molar-refractivity contribution >= 4 is 21.9 Å². The van der Waals surface area contributed by atoms with Crippen LogP contribution in [0, 0.1) is 0 Å². The van der Waals surface area contributed by atoms with Gasteiger partial charge in [0.1, 0.15) is 19.0 Å². The standard InChI is InChI=1S/C25H30O8S/c1-3-10-30-11-12-32-22-7-5-18(14-23(22)31-4-2)17-33-21-6-8-24-20(16-21)15-19(25(26)27)9-13-34(24,28)29/h5-8,14-16H,3-4,9-13,17H2,1-2H3,(H,26,27). The van der Waals surface area contributed by atoms with Crippen LogP contribution in [0.2, 0.25) is 0 Å². The summed E-state index contributed by atoms with van der Waals surface area (Å²) in [5.74, 6) is 0.284. The summed E-state index contributed by atoms with van der Waals surface area (Å²) in [6.07, 6.45) is 2.32. The molecule has 1 N–H and O–H groups in total. The van der Waals surface area contributed by atoms with Gasteiger partial charge in [-0.1, -0.05) is 13.0 Å². The highest BCUT2D eigenvalue weighted by molar-refractivity contribution is 7.91. The molecule has 3 rings (SSSR count). The summed E-state index contributed by atoms with van der Waals surface area (Å²) in [5.41, 5.74) is 1.20. The highest BCUT2D eigenvalue weighted by Crippen LogP contribution is 2.31. The molecule has 0 amide bonds. The second-order valence-corrected chi connectivity index (χ2v) is 9.78. The predicted octanol–water partition coefficient (Wildman–Crippen LogP) is 4.12.